The fourth-order valence-corrected chi connectivity index (χ4v) is 2.54. The predicted octanol–water partition coefficient (Wildman–Crippen LogP) is 3.11. The molecule has 0 fully saturated rings. The van der Waals surface area contributed by atoms with E-state index in [4.69, 9.17) is 0 Å². The molecule has 0 amide bonds. The molecule has 4 aromatic rings. The minimum Gasteiger partial charge on any atom is -0.365 e. The Hall–Kier alpha value is -3.28. The summed E-state index contributed by atoms with van der Waals surface area (Å²) in [6, 6.07) is 15.8. The lowest BCUT2D eigenvalue weighted by Crippen LogP contribution is -2.06. The number of aryl methyl sites for hydroxylation is 1. The van der Waals surface area contributed by atoms with Gasteiger partial charge in [-0.3, -0.25) is 4.98 Å². The summed E-state index contributed by atoms with van der Waals surface area (Å²) in [5, 5.41) is 16.4. The summed E-state index contributed by atoms with van der Waals surface area (Å²) < 4.78 is 1.76. The number of nitrogens with one attached hydrogen (secondary N) is 1. The molecule has 0 aliphatic carbocycles. The number of rotatable bonds is 4. The number of nitrogens with zero attached hydrogens (tertiary/aromatic N) is 5. The van der Waals surface area contributed by atoms with Crippen LogP contribution in [-0.2, 0) is 6.54 Å². The average Bonchev–Trinajstić information content (AvgIpc) is 3.05. The molecule has 0 radical (unpaired) electrons. The van der Waals surface area contributed by atoms with E-state index in [0.29, 0.717) is 6.54 Å². The maximum absolute atomic E-state index is 4.62. The third-order valence-electron chi connectivity index (χ3n) is 3.89. The van der Waals surface area contributed by atoms with Gasteiger partial charge in [-0.2, -0.15) is 4.52 Å². The molecule has 0 unspecified atom stereocenters. The van der Waals surface area contributed by atoms with Gasteiger partial charge in [-0.05, 0) is 36.2 Å². The van der Waals surface area contributed by atoms with Crippen LogP contribution in [0.2, 0.25) is 0 Å². The Morgan fingerprint density at radius 1 is 1.00 bits per heavy atom. The van der Waals surface area contributed by atoms with Crippen molar-refractivity contribution < 1.29 is 0 Å². The van der Waals surface area contributed by atoms with Crippen molar-refractivity contribution in [3.63, 3.8) is 0 Å². The number of aromatic nitrogens is 5. The first-order valence-electron chi connectivity index (χ1n) is 7.72. The Morgan fingerprint density at radius 3 is 2.71 bits per heavy atom. The summed E-state index contributed by atoms with van der Waals surface area (Å²) >= 11 is 0. The lowest BCUT2D eigenvalue weighted by molar-refractivity contribution is 0.923. The standard InChI is InChI=1S/C18H16N6/c1-13-11-19-10-9-15(13)12-20-16-7-8-17-21-22-18(24(17)23-16)14-5-3-2-4-6-14/h2-11H,12H2,1H3,(H,20,23). The molecule has 0 atom stereocenters. The first-order chi connectivity index (χ1) is 11.8. The number of anilines is 1. The van der Waals surface area contributed by atoms with E-state index in [-0.39, 0.29) is 0 Å². The first-order valence-corrected chi connectivity index (χ1v) is 7.72. The van der Waals surface area contributed by atoms with E-state index >= 15 is 0 Å². The van der Waals surface area contributed by atoms with Crippen LogP contribution < -0.4 is 5.32 Å². The van der Waals surface area contributed by atoms with Crippen molar-refractivity contribution in [1.82, 2.24) is 24.8 Å². The fraction of sp³-hybridized carbons (Fsp3) is 0.111. The van der Waals surface area contributed by atoms with Crippen LogP contribution >= 0.6 is 0 Å². The van der Waals surface area contributed by atoms with E-state index in [1.165, 1.54) is 5.56 Å². The van der Waals surface area contributed by atoms with Crippen molar-refractivity contribution in [2.24, 2.45) is 0 Å². The smallest absolute Gasteiger partial charge is 0.185 e. The van der Waals surface area contributed by atoms with Crippen LogP contribution in [0.15, 0.2) is 60.9 Å². The second-order valence-electron chi connectivity index (χ2n) is 5.53. The number of fused-ring (bicyclic) bond motifs is 1. The minimum atomic E-state index is 0.690. The number of hydrogen-bond donors (Lipinski definition) is 1. The molecule has 4 rings (SSSR count). The molecule has 24 heavy (non-hydrogen) atoms. The normalized spacial score (nSPS) is 10.9. The number of benzene rings is 1. The van der Waals surface area contributed by atoms with Crippen LogP contribution in [0.25, 0.3) is 17.0 Å². The summed E-state index contributed by atoms with van der Waals surface area (Å²) in [5.41, 5.74) is 4.05. The van der Waals surface area contributed by atoms with Gasteiger partial charge in [-0.15, -0.1) is 15.3 Å². The van der Waals surface area contributed by atoms with Gasteiger partial charge in [0.25, 0.3) is 0 Å². The Balaban J connectivity index is 1.64. The fourth-order valence-electron chi connectivity index (χ4n) is 2.54. The Kier molecular flexibility index (Phi) is 3.63. The largest absolute Gasteiger partial charge is 0.365 e. The maximum Gasteiger partial charge on any atom is 0.185 e. The van der Waals surface area contributed by atoms with Gasteiger partial charge in [-0.1, -0.05) is 30.3 Å². The monoisotopic (exact) mass is 316 g/mol. The van der Waals surface area contributed by atoms with Crippen molar-refractivity contribution in [3.05, 3.63) is 72.1 Å². The van der Waals surface area contributed by atoms with Crippen LogP contribution in [0.3, 0.4) is 0 Å². The molecule has 3 aromatic heterocycles. The molecule has 3 heterocycles. The predicted molar refractivity (Wildman–Crippen MR) is 92.5 cm³/mol. The first kappa shape index (κ1) is 14.3. The minimum absolute atomic E-state index is 0.690. The highest BCUT2D eigenvalue weighted by atomic mass is 15.4. The van der Waals surface area contributed by atoms with E-state index in [0.717, 1.165) is 28.4 Å². The van der Waals surface area contributed by atoms with Crippen molar-refractivity contribution in [3.8, 4) is 11.4 Å². The molecule has 0 saturated heterocycles. The van der Waals surface area contributed by atoms with Gasteiger partial charge >= 0.3 is 0 Å². The number of pyridine rings is 1. The third-order valence-corrected chi connectivity index (χ3v) is 3.89. The number of hydrogen-bond acceptors (Lipinski definition) is 5. The molecule has 1 N–H and O–H groups in total. The zero-order valence-corrected chi connectivity index (χ0v) is 13.2. The Labute approximate surface area is 139 Å². The summed E-state index contributed by atoms with van der Waals surface area (Å²) in [5.74, 6) is 1.50. The van der Waals surface area contributed by atoms with E-state index in [1.807, 2.05) is 61.7 Å². The van der Waals surface area contributed by atoms with Crippen LogP contribution in [0.4, 0.5) is 5.82 Å². The van der Waals surface area contributed by atoms with Crippen LogP contribution in [0.5, 0.6) is 0 Å². The van der Waals surface area contributed by atoms with Gasteiger partial charge < -0.3 is 5.32 Å². The van der Waals surface area contributed by atoms with Gasteiger partial charge in [0.1, 0.15) is 5.82 Å². The highest BCUT2D eigenvalue weighted by Gasteiger charge is 2.09. The second kappa shape index (κ2) is 6.08. The molecular formula is C18H16N6. The van der Waals surface area contributed by atoms with E-state index < -0.39 is 0 Å². The third kappa shape index (κ3) is 2.69. The molecular weight excluding hydrogens is 300 g/mol. The molecule has 0 aliphatic heterocycles. The van der Waals surface area contributed by atoms with Crippen LogP contribution in [0.1, 0.15) is 11.1 Å². The highest BCUT2D eigenvalue weighted by Crippen LogP contribution is 2.18. The zero-order chi connectivity index (χ0) is 16.4. The van der Waals surface area contributed by atoms with Crippen LogP contribution in [-0.4, -0.2) is 24.8 Å². The topological polar surface area (TPSA) is 68.0 Å². The molecule has 6 heteroatoms. The van der Waals surface area contributed by atoms with E-state index in [2.05, 4.69) is 25.6 Å². The Morgan fingerprint density at radius 2 is 1.88 bits per heavy atom. The quantitative estimate of drug-likeness (QED) is 0.626. The van der Waals surface area contributed by atoms with Crippen LogP contribution in [0, 0.1) is 6.92 Å². The lowest BCUT2D eigenvalue weighted by Gasteiger charge is -2.08. The summed E-state index contributed by atoms with van der Waals surface area (Å²) in [4.78, 5) is 4.12. The average molecular weight is 316 g/mol. The maximum atomic E-state index is 4.62. The van der Waals surface area contributed by atoms with Crippen molar-refractivity contribution >= 4 is 11.5 Å². The molecule has 0 spiro atoms. The van der Waals surface area contributed by atoms with Gasteiger partial charge in [0, 0.05) is 24.5 Å². The summed E-state index contributed by atoms with van der Waals surface area (Å²) in [6.45, 7) is 2.74. The van der Waals surface area contributed by atoms with E-state index in [9.17, 15) is 0 Å². The van der Waals surface area contributed by atoms with Crippen molar-refractivity contribution in [1.29, 1.82) is 0 Å². The zero-order valence-electron chi connectivity index (χ0n) is 13.2. The highest BCUT2D eigenvalue weighted by molar-refractivity contribution is 5.59. The molecule has 1 aromatic carbocycles. The summed E-state index contributed by atoms with van der Waals surface area (Å²) in [7, 11) is 0. The molecule has 6 nitrogen and oxygen atoms in total. The molecule has 0 bridgehead atoms. The van der Waals surface area contributed by atoms with Crippen molar-refractivity contribution in [2.75, 3.05) is 5.32 Å². The van der Waals surface area contributed by atoms with E-state index in [1.54, 1.807) is 10.7 Å². The molecule has 118 valence electrons. The van der Waals surface area contributed by atoms with Gasteiger partial charge in [0.2, 0.25) is 0 Å². The second-order valence-corrected chi connectivity index (χ2v) is 5.53. The Bertz CT molecular complexity index is 977. The van der Waals surface area contributed by atoms with Gasteiger partial charge in [0.05, 0.1) is 0 Å². The molecule has 0 aliphatic rings. The van der Waals surface area contributed by atoms with Gasteiger partial charge in [-0.25, -0.2) is 0 Å². The SMILES string of the molecule is Cc1cnccc1CNc1ccc2nnc(-c3ccccc3)n2n1. The molecule has 0 saturated carbocycles. The lowest BCUT2D eigenvalue weighted by atomic mass is 10.1. The van der Waals surface area contributed by atoms with Crippen molar-refractivity contribution in [2.45, 2.75) is 13.5 Å². The summed E-state index contributed by atoms with van der Waals surface area (Å²) in [6.07, 6.45) is 3.66. The van der Waals surface area contributed by atoms with Gasteiger partial charge in [0.15, 0.2) is 11.5 Å².